The SMILES string of the molecule is Cc1cc(SCC(=O)OCC(=O)Nc2cc(Cl)cc(Cl)c2)c(C)cc1Br. The standard InChI is InChI=1S/C18H16BrCl2NO3S/c1-10-4-16(11(2)3-15(10)19)26-9-18(24)25-8-17(23)22-14-6-12(20)5-13(21)7-14/h3-7H,8-9H2,1-2H3,(H,22,23). The zero-order valence-corrected chi connectivity index (χ0v) is 18.0. The molecule has 0 spiro atoms. The number of benzene rings is 2. The Hall–Kier alpha value is -1.21. The maximum absolute atomic E-state index is 11.9. The Morgan fingerprint density at radius 2 is 1.73 bits per heavy atom. The number of thioether (sulfide) groups is 1. The van der Waals surface area contributed by atoms with Gasteiger partial charge in [-0.15, -0.1) is 11.8 Å². The van der Waals surface area contributed by atoms with Crippen molar-refractivity contribution in [3.05, 3.63) is 56.0 Å². The summed E-state index contributed by atoms with van der Waals surface area (Å²) in [5.74, 6) is -0.801. The van der Waals surface area contributed by atoms with E-state index in [1.807, 2.05) is 26.0 Å². The Kier molecular flexibility index (Phi) is 7.83. The maximum Gasteiger partial charge on any atom is 0.316 e. The molecule has 0 saturated heterocycles. The Labute approximate surface area is 174 Å². The van der Waals surface area contributed by atoms with Gasteiger partial charge in [0.05, 0.1) is 5.75 Å². The molecule has 0 saturated carbocycles. The van der Waals surface area contributed by atoms with Crippen LogP contribution in [0.15, 0.2) is 39.7 Å². The van der Waals surface area contributed by atoms with Crippen molar-refractivity contribution < 1.29 is 14.3 Å². The Bertz CT molecular complexity index is 825. The molecule has 1 amide bonds. The first-order valence-electron chi connectivity index (χ1n) is 7.55. The van der Waals surface area contributed by atoms with Gasteiger partial charge in [-0.25, -0.2) is 0 Å². The van der Waals surface area contributed by atoms with Gasteiger partial charge in [0.1, 0.15) is 0 Å². The average Bonchev–Trinajstić information content (AvgIpc) is 2.54. The fourth-order valence-electron chi connectivity index (χ4n) is 2.06. The number of aryl methyl sites for hydroxylation is 2. The summed E-state index contributed by atoms with van der Waals surface area (Å²) in [4.78, 5) is 24.7. The lowest BCUT2D eigenvalue weighted by atomic mass is 10.2. The number of hydrogen-bond donors (Lipinski definition) is 1. The highest BCUT2D eigenvalue weighted by atomic mass is 79.9. The first-order chi connectivity index (χ1) is 12.2. The predicted molar refractivity (Wildman–Crippen MR) is 110 cm³/mol. The molecule has 1 N–H and O–H groups in total. The number of carbonyl (C=O) groups is 2. The molecule has 0 aliphatic carbocycles. The Balaban J connectivity index is 1.81. The largest absolute Gasteiger partial charge is 0.455 e. The molecule has 138 valence electrons. The third kappa shape index (κ3) is 6.50. The summed E-state index contributed by atoms with van der Waals surface area (Å²) in [7, 11) is 0. The van der Waals surface area contributed by atoms with Crippen LogP contribution in [0.4, 0.5) is 5.69 Å². The van der Waals surface area contributed by atoms with Crippen molar-refractivity contribution in [2.75, 3.05) is 17.7 Å². The van der Waals surface area contributed by atoms with Gasteiger partial charge in [-0.1, -0.05) is 39.1 Å². The molecule has 8 heteroatoms. The van der Waals surface area contributed by atoms with Gasteiger partial charge in [-0.3, -0.25) is 9.59 Å². The van der Waals surface area contributed by atoms with Gasteiger partial charge in [0, 0.05) is 25.1 Å². The van der Waals surface area contributed by atoms with E-state index < -0.39 is 11.9 Å². The molecule has 2 rings (SSSR count). The summed E-state index contributed by atoms with van der Waals surface area (Å²) < 4.78 is 6.03. The summed E-state index contributed by atoms with van der Waals surface area (Å²) in [6.07, 6.45) is 0. The topological polar surface area (TPSA) is 55.4 Å². The van der Waals surface area contributed by atoms with Crippen molar-refractivity contribution in [3.63, 3.8) is 0 Å². The van der Waals surface area contributed by atoms with E-state index in [9.17, 15) is 9.59 Å². The van der Waals surface area contributed by atoms with E-state index in [2.05, 4.69) is 21.2 Å². The second-order valence-electron chi connectivity index (χ2n) is 5.52. The van der Waals surface area contributed by atoms with Crippen LogP contribution in [0, 0.1) is 13.8 Å². The van der Waals surface area contributed by atoms with Crippen molar-refractivity contribution in [1.82, 2.24) is 0 Å². The number of halogens is 3. The summed E-state index contributed by atoms with van der Waals surface area (Å²) in [5.41, 5.74) is 2.60. The van der Waals surface area contributed by atoms with Crippen molar-refractivity contribution in [2.24, 2.45) is 0 Å². The number of ether oxygens (including phenoxy) is 1. The average molecular weight is 477 g/mol. The lowest BCUT2D eigenvalue weighted by Gasteiger charge is -2.09. The van der Waals surface area contributed by atoms with Crippen LogP contribution < -0.4 is 5.32 Å². The molecule has 0 atom stereocenters. The van der Waals surface area contributed by atoms with Crippen molar-refractivity contribution >= 4 is 68.5 Å². The molecule has 0 bridgehead atoms. The van der Waals surface area contributed by atoms with Crippen LogP contribution in [0.1, 0.15) is 11.1 Å². The van der Waals surface area contributed by atoms with E-state index in [1.165, 1.54) is 11.8 Å². The van der Waals surface area contributed by atoms with Crippen molar-refractivity contribution in [2.45, 2.75) is 18.7 Å². The molecule has 0 aliphatic heterocycles. The second-order valence-corrected chi connectivity index (χ2v) is 8.27. The highest BCUT2D eigenvalue weighted by Crippen LogP contribution is 2.28. The molecule has 0 aliphatic rings. The molecular formula is C18H16BrCl2NO3S. The van der Waals surface area contributed by atoms with Crippen LogP contribution in [0.5, 0.6) is 0 Å². The quantitative estimate of drug-likeness (QED) is 0.432. The molecule has 0 fully saturated rings. The number of hydrogen-bond acceptors (Lipinski definition) is 4. The molecule has 2 aromatic carbocycles. The van der Waals surface area contributed by atoms with Gasteiger partial charge in [-0.2, -0.15) is 0 Å². The van der Waals surface area contributed by atoms with Crippen LogP contribution in [0.3, 0.4) is 0 Å². The van der Waals surface area contributed by atoms with Crippen LogP contribution in [-0.2, 0) is 14.3 Å². The highest BCUT2D eigenvalue weighted by molar-refractivity contribution is 9.10. The minimum Gasteiger partial charge on any atom is -0.455 e. The first-order valence-corrected chi connectivity index (χ1v) is 10.1. The predicted octanol–water partition coefficient (Wildman–Crippen LogP) is 5.65. The minimum atomic E-state index is -0.464. The zero-order chi connectivity index (χ0) is 19.3. The van der Waals surface area contributed by atoms with Gasteiger partial charge in [0.15, 0.2) is 6.61 Å². The number of carbonyl (C=O) groups excluding carboxylic acids is 2. The van der Waals surface area contributed by atoms with E-state index >= 15 is 0 Å². The van der Waals surface area contributed by atoms with E-state index in [-0.39, 0.29) is 12.4 Å². The maximum atomic E-state index is 11.9. The van der Waals surface area contributed by atoms with Crippen LogP contribution in [-0.4, -0.2) is 24.2 Å². The molecule has 0 heterocycles. The summed E-state index contributed by atoms with van der Waals surface area (Å²) in [6, 6.07) is 8.69. The number of anilines is 1. The van der Waals surface area contributed by atoms with Crippen LogP contribution in [0.25, 0.3) is 0 Å². The number of rotatable bonds is 6. The summed E-state index contributed by atoms with van der Waals surface area (Å²) in [6.45, 7) is 3.58. The molecule has 2 aromatic rings. The molecule has 0 aromatic heterocycles. The minimum absolute atomic E-state index is 0.123. The first kappa shape index (κ1) is 21.1. The molecule has 0 unspecified atom stereocenters. The Morgan fingerprint density at radius 3 is 2.38 bits per heavy atom. The Morgan fingerprint density at radius 1 is 1.08 bits per heavy atom. The summed E-state index contributed by atoms with van der Waals surface area (Å²) >= 11 is 16.6. The van der Waals surface area contributed by atoms with Gasteiger partial charge in [0.2, 0.25) is 0 Å². The third-order valence-corrected chi connectivity index (χ3v) is 5.73. The fourth-order valence-corrected chi connectivity index (χ4v) is 3.94. The van der Waals surface area contributed by atoms with E-state index in [1.54, 1.807) is 18.2 Å². The van der Waals surface area contributed by atoms with Crippen LogP contribution >= 0.6 is 50.9 Å². The number of esters is 1. The zero-order valence-electron chi connectivity index (χ0n) is 14.1. The third-order valence-electron chi connectivity index (χ3n) is 3.31. The number of nitrogens with one attached hydrogen (secondary N) is 1. The summed E-state index contributed by atoms with van der Waals surface area (Å²) in [5, 5.41) is 3.39. The fraction of sp³-hybridized carbons (Fsp3) is 0.222. The molecule has 26 heavy (non-hydrogen) atoms. The van der Waals surface area contributed by atoms with E-state index in [0.717, 1.165) is 20.5 Å². The van der Waals surface area contributed by atoms with E-state index in [0.29, 0.717) is 15.7 Å². The number of amides is 1. The van der Waals surface area contributed by atoms with Gasteiger partial charge in [0.25, 0.3) is 5.91 Å². The normalized spacial score (nSPS) is 10.5. The lowest BCUT2D eigenvalue weighted by molar-refractivity contribution is -0.144. The van der Waals surface area contributed by atoms with Gasteiger partial charge >= 0.3 is 5.97 Å². The molecule has 4 nitrogen and oxygen atoms in total. The molecule has 0 radical (unpaired) electrons. The van der Waals surface area contributed by atoms with Gasteiger partial charge in [-0.05, 0) is 55.3 Å². The van der Waals surface area contributed by atoms with Gasteiger partial charge < -0.3 is 10.1 Å². The second kappa shape index (κ2) is 9.65. The smallest absolute Gasteiger partial charge is 0.316 e. The van der Waals surface area contributed by atoms with Crippen molar-refractivity contribution in [3.8, 4) is 0 Å². The van der Waals surface area contributed by atoms with Crippen molar-refractivity contribution in [1.29, 1.82) is 0 Å². The van der Waals surface area contributed by atoms with Crippen LogP contribution in [0.2, 0.25) is 10.0 Å². The molecular weight excluding hydrogens is 461 g/mol. The highest BCUT2D eigenvalue weighted by Gasteiger charge is 2.11. The van der Waals surface area contributed by atoms with E-state index in [4.69, 9.17) is 27.9 Å². The lowest BCUT2D eigenvalue weighted by Crippen LogP contribution is -2.21. The monoisotopic (exact) mass is 475 g/mol.